The van der Waals surface area contributed by atoms with E-state index in [9.17, 15) is 4.79 Å². The largest absolute Gasteiger partial charge is 0.282 e. The Kier molecular flexibility index (Phi) is 3.59. The van der Waals surface area contributed by atoms with Crippen LogP contribution in [0.1, 0.15) is 22.5 Å². The molecule has 0 bridgehead atoms. The lowest BCUT2D eigenvalue weighted by Crippen LogP contribution is -2.20. The van der Waals surface area contributed by atoms with Crippen molar-refractivity contribution in [1.82, 2.24) is 9.66 Å². The van der Waals surface area contributed by atoms with E-state index in [0.717, 1.165) is 16.7 Å². The van der Waals surface area contributed by atoms with Crippen LogP contribution in [0.25, 0.3) is 10.9 Å². The average molecular weight is 291 g/mol. The lowest BCUT2D eigenvalue weighted by Gasteiger charge is -2.06. The zero-order valence-electron chi connectivity index (χ0n) is 12.9. The third-order valence-electron chi connectivity index (χ3n) is 3.66. The van der Waals surface area contributed by atoms with Crippen LogP contribution < -0.4 is 5.56 Å². The van der Waals surface area contributed by atoms with Gasteiger partial charge < -0.3 is 0 Å². The Bertz CT molecular complexity index is 939. The molecule has 0 radical (unpaired) electrons. The molecule has 0 aliphatic heterocycles. The minimum absolute atomic E-state index is 0.148. The number of nitrogens with zero attached hydrogens (tertiary/aromatic N) is 3. The van der Waals surface area contributed by atoms with E-state index < -0.39 is 0 Å². The Balaban J connectivity index is 2.13. The monoisotopic (exact) mass is 291 g/mol. The Morgan fingerprint density at radius 1 is 1.09 bits per heavy atom. The van der Waals surface area contributed by atoms with Gasteiger partial charge in [-0.2, -0.15) is 9.78 Å². The van der Waals surface area contributed by atoms with E-state index in [4.69, 9.17) is 0 Å². The third-order valence-corrected chi connectivity index (χ3v) is 3.66. The fourth-order valence-corrected chi connectivity index (χ4v) is 2.39. The molecule has 0 aliphatic rings. The van der Waals surface area contributed by atoms with Crippen molar-refractivity contribution in [3.8, 4) is 0 Å². The van der Waals surface area contributed by atoms with E-state index in [0.29, 0.717) is 16.7 Å². The Morgan fingerprint density at radius 3 is 2.68 bits per heavy atom. The first-order valence-corrected chi connectivity index (χ1v) is 7.16. The van der Waals surface area contributed by atoms with Crippen LogP contribution in [0, 0.1) is 20.8 Å². The van der Waals surface area contributed by atoms with Crippen molar-refractivity contribution in [3.63, 3.8) is 0 Å². The second-order valence-electron chi connectivity index (χ2n) is 5.40. The number of aromatic nitrogens is 2. The van der Waals surface area contributed by atoms with Gasteiger partial charge >= 0.3 is 0 Å². The minimum Gasteiger partial charge on any atom is -0.267 e. The highest BCUT2D eigenvalue weighted by molar-refractivity contribution is 5.82. The fourth-order valence-electron chi connectivity index (χ4n) is 2.39. The third kappa shape index (κ3) is 2.55. The summed E-state index contributed by atoms with van der Waals surface area (Å²) in [5.41, 5.74) is 3.83. The molecular formula is C18H17N3O. The summed E-state index contributed by atoms with van der Waals surface area (Å²) in [6, 6.07) is 13.5. The SMILES string of the molecule is Cc1ccc(C)c(C=Nn2c(C)nc3ccccc3c2=O)c1. The smallest absolute Gasteiger partial charge is 0.267 e. The van der Waals surface area contributed by atoms with Crippen molar-refractivity contribution in [2.24, 2.45) is 5.10 Å². The number of hydrogen-bond acceptors (Lipinski definition) is 3. The summed E-state index contributed by atoms with van der Waals surface area (Å²) >= 11 is 0. The van der Waals surface area contributed by atoms with Gasteiger partial charge in [-0.05, 0) is 44.0 Å². The lowest BCUT2D eigenvalue weighted by molar-refractivity contribution is 0.771. The molecule has 1 aromatic heterocycles. The summed E-state index contributed by atoms with van der Waals surface area (Å²) in [6.07, 6.45) is 1.72. The molecule has 0 N–H and O–H groups in total. The first-order chi connectivity index (χ1) is 10.6. The van der Waals surface area contributed by atoms with Crippen LogP contribution in [0.15, 0.2) is 52.4 Å². The van der Waals surface area contributed by atoms with E-state index in [1.54, 1.807) is 19.2 Å². The topological polar surface area (TPSA) is 47.2 Å². The van der Waals surface area contributed by atoms with Crippen LogP contribution in [0.5, 0.6) is 0 Å². The zero-order valence-corrected chi connectivity index (χ0v) is 12.9. The van der Waals surface area contributed by atoms with Gasteiger partial charge in [0.25, 0.3) is 5.56 Å². The summed E-state index contributed by atoms with van der Waals surface area (Å²) in [6.45, 7) is 5.84. The molecular weight excluding hydrogens is 274 g/mol. The summed E-state index contributed by atoms with van der Waals surface area (Å²) in [5, 5.41) is 4.92. The van der Waals surface area contributed by atoms with Gasteiger partial charge in [0, 0.05) is 0 Å². The molecule has 0 saturated carbocycles. The van der Waals surface area contributed by atoms with Crippen molar-refractivity contribution in [2.75, 3.05) is 0 Å². The lowest BCUT2D eigenvalue weighted by atomic mass is 10.1. The minimum atomic E-state index is -0.148. The van der Waals surface area contributed by atoms with Crippen LogP contribution in [0.4, 0.5) is 0 Å². The van der Waals surface area contributed by atoms with Crippen LogP contribution in [0.3, 0.4) is 0 Å². The Labute approximate surface area is 128 Å². The molecule has 0 saturated heterocycles. The maximum atomic E-state index is 12.5. The molecule has 3 rings (SSSR count). The standard InChI is InChI=1S/C18H17N3O/c1-12-8-9-13(2)15(10-12)11-19-21-14(3)20-17-7-5-4-6-16(17)18(21)22/h4-11H,1-3H3. The van der Waals surface area contributed by atoms with Crippen LogP contribution in [0.2, 0.25) is 0 Å². The van der Waals surface area contributed by atoms with Crippen molar-refractivity contribution in [2.45, 2.75) is 20.8 Å². The normalized spacial score (nSPS) is 11.4. The average Bonchev–Trinajstić information content (AvgIpc) is 2.50. The zero-order chi connectivity index (χ0) is 15.7. The molecule has 110 valence electrons. The Morgan fingerprint density at radius 2 is 1.86 bits per heavy atom. The predicted molar refractivity (Wildman–Crippen MR) is 89.6 cm³/mol. The van der Waals surface area contributed by atoms with Gasteiger partial charge in [0.1, 0.15) is 5.82 Å². The molecule has 4 heteroatoms. The predicted octanol–water partition coefficient (Wildman–Crippen LogP) is 3.20. The number of hydrogen-bond donors (Lipinski definition) is 0. The maximum Gasteiger partial charge on any atom is 0.282 e. The highest BCUT2D eigenvalue weighted by atomic mass is 16.1. The van der Waals surface area contributed by atoms with Crippen LogP contribution in [-0.2, 0) is 0 Å². The van der Waals surface area contributed by atoms with Gasteiger partial charge in [-0.25, -0.2) is 4.98 Å². The molecule has 0 aliphatic carbocycles. The molecule has 0 unspecified atom stereocenters. The summed E-state index contributed by atoms with van der Waals surface area (Å²) in [7, 11) is 0. The van der Waals surface area contributed by atoms with E-state index in [1.807, 2.05) is 44.2 Å². The van der Waals surface area contributed by atoms with Gasteiger partial charge in [0.05, 0.1) is 17.1 Å². The fraction of sp³-hybridized carbons (Fsp3) is 0.167. The van der Waals surface area contributed by atoms with E-state index in [-0.39, 0.29) is 5.56 Å². The van der Waals surface area contributed by atoms with Gasteiger partial charge in [0.15, 0.2) is 0 Å². The second-order valence-corrected chi connectivity index (χ2v) is 5.40. The van der Waals surface area contributed by atoms with Gasteiger partial charge in [0.2, 0.25) is 0 Å². The number of fused-ring (bicyclic) bond motifs is 1. The molecule has 0 spiro atoms. The van der Waals surface area contributed by atoms with Crippen molar-refractivity contribution in [1.29, 1.82) is 0 Å². The molecule has 3 aromatic rings. The number of aryl methyl sites for hydroxylation is 3. The van der Waals surface area contributed by atoms with Gasteiger partial charge in [-0.3, -0.25) is 4.79 Å². The van der Waals surface area contributed by atoms with E-state index in [2.05, 4.69) is 16.2 Å². The summed E-state index contributed by atoms with van der Waals surface area (Å²) in [4.78, 5) is 17.0. The van der Waals surface area contributed by atoms with Crippen LogP contribution in [-0.4, -0.2) is 15.9 Å². The molecule has 4 nitrogen and oxygen atoms in total. The molecule has 22 heavy (non-hydrogen) atoms. The van der Waals surface area contributed by atoms with Crippen LogP contribution >= 0.6 is 0 Å². The van der Waals surface area contributed by atoms with Crippen molar-refractivity contribution >= 4 is 17.1 Å². The van der Waals surface area contributed by atoms with E-state index in [1.165, 1.54) is 4.68 Å². The first kappa shape index (κ1) is 14.2. The molecule has 1 heterocycles. The highest BCUT2D eigenvalue weighted by Gasteiger charge is 2.06. The highest BCUT2D eigenvalue weighted by Crippen LogP contribution is 2.10. The van der Waals surface area contributed by atoms with E-state index >= 15 is 0 Å². The molecule has 2 aromatic carbocycles. The van der Waals surface area contributed by atoms with Gasteiger partial charge in [-0.1, -0.05) is 35.9 Å². The van der Waals surface area contributed by atoms with Crippen molar-refractivity contribution < 1.29 is 0 Å². The number of para-hydroxylation sites is 1. The molecule has 0 atom stereocenters. The van der Waals surface area contributed by atoms with Crippen molar-refractivity contribution in [3.05, 3.63) is 75.3 Å². The summed E-state index contributed by atoms with van der Waals surface area (Å²) in [5.74, 6) is 0.574. The second kappa shape index (κ2) is 5.56. The molecule has 0 fully saturated rings. The quantitative estimate of drug-likeness (QED) is 0.681. The number of rotatable bonds is 2. The number of benzene rings is 2. The molecule has 0 amide bonds. The first-order valence-electron chi connectivity index (χ1n) is 7.16. The Hall–Kier alpha value is -2.75. The summed E-state index contributed by atoms with van der Waals surface area (Å²) < 4.78 is 1.35. The maximum absolute atomic E-state index is 12.5. The van der Waals surface area contributed by atoms with Gasteiger partial charge in [-0.15, -0.1) is 0 Å².